The predicted octanol–water partition coefficient (Wildman–Crippen LogP) is 2.24. The van der Waals surface area contributed by atoms with Crippen LogP contribution in [0, 0.1) is 24.0 Å². The number of carbonyl (C=O) groups excluding carboxylic acids is 1. The summed E-state index contributed by atoms with van der Waals surface area (Å²) < 4.78 is 11.2. The molecule has 0 N–H and O–H groups in total. The van der Waals surface area contributed by atoms with Crippen LogP contribution >= 0.6 is 0 Å². The number of rotatable bonds is 6. The zero-order valence-electron chi connectivity index (χ0n) is 14.1. The maximum atomic E-state index is 12.3. The molecule has 0 aliphatic rings. The van der Waals surface area contributed by atoms with Crippen molar-refractivity contribution < 1.29 is 19.2 Å². The van der Waals surface area contributed by atoms with Gasteiger partial charge in [0.25, 0.3) is 11.2 Å². The largest absolute Gasteiger partial charge is 0.492 e. The minimum absolute atomic E-state index is 0.0531. The average molecular weight is 346 g/mol. The molecule has 0 saturated carbocycles. The van der Waals surface area contributed by atoms with Gasteiger partial charge in [0.15, 0.2) is 0 Å². The number of nitro groups is 1. The van der Waals surface area contributed by atoms with Gasteiger partial charge < -0.3 is 14.0 Å². The fraction of sp³-hybridized carbons (Fsp3) is 0.294. The van der Waals surface area contributed by atoms with Crippen LogP contribution in [0.2, 0.25) is 0 Å². The highest BCUT2D eigenvalue weighted by Gasteiger charge is 2.19. The third kappa shape index (κ3) is 4.43. The molecule has 0 atom stereocenters. The molecule has 0 amide bonds. The molecule has 8 nitrogen and oxygen atoms in total. The van der Waals surface area contributed by atoms with E-state index < -0.39 is 16.5 Å². The summed E-state index contributed by atoms with van der Waals surface area (Å²) in [5.41, 5.74) is 0.655. The van der Waals surface area contributed by atoms with E-state index in [0.717, 1.165) is 35.1 Å². The molecule has 1 aromatic carbocycles. The summed E-state index contributed by atoms with van der Waals surface area (Å²) >= 11 is 0. The number of carbonyl (C=O) groups is 1. The van der Waals surface area contributed by atoms with Gasteiger partial charge in [-0.1, -0.05) is 6.07 Å². The van der Waals surface area contributed by atoms with Crippen LogP contribution in [-0.4, -0.2) is 29.2 Å². The van der Waals surface area contributed by atoms with Gasteiger partial charge in [-0.15, -0.1) is 0 Å². The predicted molar refractivity (Wildman–Crippen MR) is 90.1 cm³/mol. The molecule has 0 bridgehead atoms. The van der Waals surface area contributed by atoms with Crippen molar-refractivity contribution in [3.8, 4) is 5.75 Å². The monoisotopic (exact) mass is 346 g/mol. The van der Waals surface area contributed by atoms with E-state index in [9.17, 15) is 19.7 Å². The van der Waals surface area contributed by atoms with Crippen molar-refractivity contribution >= 4 is 11.7 Å². The number of aromatic nitrogens is 1. The second kappa shape index (κ2) is 7.61. The zero-order valence-corrected chi connectivity index (χ0v) is 14.1. The average Bonchev–Trinajstić information content (AvgIpc) is 2.54. The lowest BCUT2D eigenvalue weighted by molar-refractivity contribution is -0.385. The molecule has 1 heterocycles. The molecule has 2 rings (SSSR count). The van der Waals surface area contributed by atoms with Gasteiger partial charge in [-0.3, -0.25) is 14.9 Å². The Morgan fingerprint density at radius 3 is 2.40 bits per heavy atom. The normalized spacial score (nSPS) is 10.4. The van der Waals surface area contributed by atoms with Crippen LogP contribution in [0.4, 0.5) is 5.69 Å². The maximum Gasteiger partial charge on any atom is 0.343 e. The number of esters is 1. The molecule has 0 fully saturated rings. The summed E-state index contributed by atoms with van der Waals surface area (Å²) in [5, 5.41) is 11.0. The molecule has 132 valence electrons. The Balaban J connectivity index is 2.23. The van der Waals surface area contributed by atoms with E-state index in [1.54, 1.807) is 0 Å². The number of aryl methyl sites for hydroxylation is 2. The van der Waals surface area contributed by atoms with Crippen LogP contribution in [0.25, 0.3) is 0 Å². The standard InChI is InChI=1S/C17H18N2O6/c1-11-6-12(2)8-14(7-11)25-5-4-18-10-13(19(22)23)9-15(16(18)20)17(21)24-3/h6-10H,4-5H2,1-3H3. The summed E-state index contributed by atoms with van der Waals surface area (Å²) in [6.45, 7) is 4.04. The summed E-state index contributed by atoms with van der Waals surface area (Å²) in [4.78, 5) is 34.3. The molecular weight excluding hydrogens is 328 g/mol. The van der Waals surface area contributed by atoms with Crippen molar-refractivity contribution in [2.75, 3.05) is 13.7 Å². The first kappa shape index (κ1) is 18.2. The molecule has 0 radical (unpaired) electrons. The Kier molecular flexibility index (Phi) is 5.53. The number of pyridine rings is 1. The van der Waals surface area contributed by atoms with Crippen molar-refractivity contribution in [3.63, 3.8) is 0 Å². The van der Waals surface area contributed by atoms with E-state index in [1.807, 2.05) is 32.0 Å². The zero-order chi connectivity index (χ0) is 18.6. The van der Waals surface area contributed by atoms with Gasteiger partial charge in [-0.25, -0.2) is 4.79 Å². The number of nitrogens with zero attached hydrogens (tertiary/aromatic N) is 2. The molecular formula is C17H18N2O6. The summed E-state index contributed by atoms with van der Waals surface area (Å²) in [5.74, 6) is -0.276. The minimum atomic E-state index is -0.919. The van der Waals surface area contributed by atoms with Gasteiger partial charge in [-0.2, -0.15) is 0 Å². The van der Waals surface area contributed by atoms with Crippen molar-refractivity contribution in [2.45, 2.75) is 20.4 Å². The number of hydrogen-bond donors (Lipinski definition) is 0. The highest BCUT2D eigenvalue weighted by Crippen LogP contribution is 2.16. The minimum Gasteiger partial charge on any atom is -0.492 e. The van der Waals surface area contributed by atoms with Crippen LogP contribution in [0.15, 0.2) is 35.3 Å². The highest BCUT2D eigenvalue weighted by atomic mass is 16.6. The Hall–Kier alpha value is -3.16. The molecule has 0 unspecified atom stereocenters. The number of benzene rings is 1. The van der Waals surface area contributed by atoms with Crippen molar-refractivity contribution in [2.24, 2.45) is 0 Å². The van der Waals surface area contributed by atoms with E-state index in [2.05, 4.69) is 4.74 Å². The van der Waals surface area contributed by atoms with Crippen LogP contribution in [-0.2, 0) is 11.3 Å². The topological polar surface area (TPSA) is 101 Å². The van der Waals surface area contributed by atoms with Crippen LogP contribution in [0.5, 0.6) is 5.75 Å². The smallest absolute Gasteiger partial charge is 0.343 e. The van der Waals surface area contributed by atoms with E-state index >= 15 is 0 Å². The van der Waals surface area contributed by atoms with E-state index in [4.69, 9.17) is 4.74 Å². The van der Waals surface area contributed by atoms with E-state index in [-0.39, 0.29) is 24.4 Å². The first-order valence-electron chi connectivity index (χ1n) is 7.50. The van der Waals surface area contributed by atoms with Gasteiger partial charge in [0.2, 0.25) is 0 Å². The number of methoxy groups -OCH3 is 1. The molecule has 1 aromatic heterocycles. The molecule has 8 heteroatoms. The molecule has 0 spiro atoms. The highest BCUT2D eigenvalue weighted by molar-refractivity contribution is 5.89. The molecule has 2 aromatic rings. The van der Waals surface area contributed by atoms with Gasteiger partial charge in [0.1, 0.15) is 17.9 Å². The SMILES string of the molecule is COC(=O)c1cc([N+](=O)[O-])cn(CCOc2cc(C)cc(C)c2)c1=O. The quantitative estimate of drug-likeness (QED) is 0.452. The Bertz CT molecular complexity index is 852. The van der Waals surface area contributed by atoms with E-state index in [1.165, 1.54) is 0 Å². The fourth-order valence-electron chi connectivity index (χ4n) is 2.42. The van der Waals surface area contributed by atoms with Crippen LogP contribution in [0.1, 0.15) is 21.5 Å². The van der Waals surface area contributed by atoms with Crippen LogP contribution in [0.3, 0.4) is 0 Å². The lowest BCUT2D eigenvalue weighted by Crippen LogP contribution is -2.28. The van der Waals surface area contributed by atoms with Crippen molar-refractivity contribution in [3.05, 3.63) is 67.6 Å². The lowest BCUT2D eigenvalue weighted by atomic mass is 10.1. The van der Waals surface area contributed by atoms with Crippen molar-refractivity contribution in [1.29, 1.82) is 0 Å². The molecule has 25 heavy (non-hydrogen) atoms. The lowest BCUT2D eigenvalue weighted by Gasteiger charge is -2.10. The van der Waals surface area contributed by atoms with Gasteiger partial charge in [-0.05, 0) is 37.1 Å². The van der Waals surface area contributed by atoms with E-state index in [0.29, 0.717) is 5.75 Å². The van der Waals surface area contributed by atoms with Crippen LogP contribution < -0.4 is 10.3 Å². The Morgan fingerprint density at radius 1 is 1.20 bits per heavy atom. The second-order valence-corrected chi connectivity index (χ2v) is 5.53. The first-order valence-corrected chi connectivity index (χ1v) is 7.50. The van der Waals surface area contributed by atoms with Gasteiger partial charge in [0.05, 0.1) is 24.8 Å². The fourth-order valence-corrected chi connectivity index (χ4v) is 2.42. The second-order valence-electron chi connectivity index (χ2n) is 5.53. The molecule has 0 aliphatic carbocycles. The van der Waals surface area contributed by atoms with Crippen molar-refractivity contribution in [1.82, 2.24) is 4.57 Å². The molecule has 0 saturated heterocycles. The summed E-state index contributed by atoms with van der Waals surface area (Å²) in [6, 6.07) is 6.61. The third-order valence-electron chi connectivity index (χ3n) is 3.48. The maximum absolute atomic E-state index is 12.3. The molecule has 0 aliphatic heterocycles. The first-order chi connectivity index (χ1) is 11.8. The summed E-state index contributed by atoms with van der Waals surface area (Å²) in [7, 11) is 1.11. The number of hydrogen-bond acceptors (Lipinski definition) is 6. The Morgan fingerprint density at radius 2 is 1.84 bits per heavy atom. The number of ether oxygens (including phenoxy) is 2. The third-order valence-corrected chi connectivity index (χ3v) is 3.48. The summed E-state index contributed by atoms with van der Waals surface area (Å²) in [6.07, 6.45) is 1.08. The van der Waals surface area contributed by atoms with Gasteiger partial charge in [0, 0.05) is 6.07 Å². The van der Waals surface area contributed by atoms with Gasteiger partial charge >= 0.3 is 5.97 Å². The Labute approximate surface area is 143 Å².